The number of ether oxygens (including phenoxy) is 1. The summed E-state index contributed by atoms with van der Waals surface area (Å²) >= 11 is 0. The number of nitroso groups, excluding NO2 is 1. The summed E-state index contributed by atoms with van der Waals surface area (Å²) in [5.41, 5.74) is 4.39. The second-order valence-electron chi connectivity index (χ2n) is 5.83. The fourth-order valence-corrected chi connectivity index (χ4v) is 2.81. The zero-order valence-corrected chi connectivity index (χ0v) is 14.6. The zero-order chi connectivity index (χ0) is 16.9. The molecule has 0 saturated heterocycles. The molecule has 124 valence electrons. The van der Waals surface area contributed by atoms with E-state index in [0.29, 0.717) is 12.8 Å². The van der Waals surface area contributed by atoms with Gasteiger partial charge in [0.15, 0.2) is 0 Å². The second kappa shape index (κ2) is 7.54. The molecule has 24 heavy (non-hydrogen) atoms. The van der Waals surface area contributed by atoms with Gasteiger partial charge >= 0.3 is 0 Å². The highest BCUT2D eigenvalue weighted by molar-refractivity contribution is 7.16. The third-order valence-corrected chi connectivity index (χ3v) is 4.47. The van der Waals surface area contributed by atoms with Crippen LogP contribution in [0.4, 0.5) is 5.69 Å². The van der Waals surface area contributed by atoms with Crippen molar-refractivity contribution in [1.29, 1.82) is 0 Å². The minimum Gasteiger partial charge on any atom is -0.491 e. The quantitative estimate of drug-likeness (QED) is 0.638. The first kappa shape index (κ1) is 16.6. The monoisotopic (exact) mass is 341 g/mol. The third kappa shape index (κ3) is 3.80. The first-order valence-corrected chi connectivity index (χ1v) is 8.67. The van der Waals surface area contributed by atoms with Crippen molar-refractivity contribution in [1.82, 2.24) is 4.98 Å². The maximum Gasteiger partial charge on any atom is 0.129 e. The average molecular weight is 341 g/mol. The Balaban J connectivity index is 1.72. The first-order valence-electron chi connectivity index (χ1n) is 7.85. The molecule has 2 aromatic rings. The zero-order valence-electron chi connectivity index (χ0n) is 13.5. The van der Waals surface area contributed by atoms with Gasteiger partial charge in [-0.1, -0.05) is 23.4 Å². The van der Waals surface area contributed by atoms with Gasteiger partial charge in [-0.2, -0.15) is 4.91 Å². The van der Waals surface area contributed by atoms with Crippen molar-refractivity contribution >= 4 is 21.0 Å². The van der Waals surface area contributed by atoms with E-state index >= 15 is 0 Å². The molecule has 0 amide bonds. The van der Waals surface area contributed by atoms with E-state index in [-0.39, 0.29) is 12.1 Å². The largest absolute Gasteiger partial charge is 0.491 e. The Hall–Kier alpha value is -2.26. The molecule has 6 heteroatoms. The van der Waals surface area contributed by atoms with Crippen molar-refractivity contribution in [3.63, 3.8) is 0 Å². The fraction of sp³-hybridized carbons (Fsp3) is 0.278. The van der Waals surface area contributed by atoms with Crippen LogP contribution in [0.5, 0.6) is 5.75 Å². The molecule has 1 aliphatic heterocycles. The Morgan fingerprint density at radius 2 is 2.25 bits per heavy atom. The summed E-state index contributed by atoms with van der Waals surface area (Å²) < 4.78 is 5.66. The molecule has 0 bridgehead atoms. The lowest BCUT2D eigenvalue weighted by atomic mass is 10.00. The molecule has 0 saturated carbocycles. The number of benzene rings is 1. The van der Waals surface area contributed by atoms with Gasteiger partial charge in [-0.25, -0.2) is 0 Å². The number of hydrogen-bond acceptors (Lipinski definition) is 5. The van der Waals surface area contributed by atoms with E-state index in [1.165, 1.54) is 0 Å². The van der Waals surface area contributed by atoms with E-state index in [0.717, 1.165) is 28.1 Å². The number of nitrogens with one attached hydrogen (secondary N) is 1. The summed E-state index contributed by atoms with van der Waals surface area (Å²) in [6, 6.07) is 7.77. The lowest BCUT2D eigenvalue weighted by molar-refractivity contribution is 0.298. The number of fused-ring (bicyclic) bond motifs is 1. The van der Waals surface area contributed by atoms with Gasteiger partial charge in [0.25, 0.3) is 0 Å². The van der Waals surface area contributed by atoms with Crippen molar-refractivity contribution in [2.45, 2.75) is 19.0 Å². The predicted octanol–water partition coefficient (Wildman–Crippen LogP) is 3.96. The van der Waals surface area contributed by atoms with Crippen LogP contribution in [0.1, 0.15) is 22.7 Å². The van der Waals surface area contributed by atoms with Crippen LogP contribution in [0.15, 0.2) is 47.9 Å². The fourth-order valence-electron chi connectivity index (χ4n) is 2.59. The molecule has 0 fully saturated rings. The highest BCUT2D eigenvalue weighted by atomic mass is 31.0. The molecule has 1 aromatic carbocycles. The van der Waals surface area contributed by atoms with E-state index in [1.807, 2.05) is 37.5 Å². The van der Waals surface area contributed by atoms with E-state index in [4.69, 9.17) is 4.74 Å². The number of anilines is 1. The molecule has 2 heterocycles. The van der Waals surface area contributed by atoms with Crippen LogP contribution in [0.3, 0.4) is 0 Å². The molecular weight excluding hydrogens is 321 g/mol. The van der Waals surface area contributed by atoms with Gasteiger partial charge in [-0.15, -0.1) is 9.24 Å². The van der Waals surface area contributed by atoms with Crippen LogP contribution in [-0.4, -0.2) is 23.8 Å². The highest BCUT2D eigenvalue weighted by Gasteiger charge is 2.16. The van der Waals surface area contributed by atoms with Crippen LogP contribution < -0.4 is 10.1 Å². The molecule has 3 rings (SSSR count). The van der Waals surface area contributed by atoms with E-state index in [2.05, 4.69) is 42.9 Å². The van der Waals surface area contributed by atoms with Crippen molar-refractivity contribution in [2.75, 3.05) is 18.1 Å². The van der Waals surface area contributed by atoms with Gasteiger partial charge in [0.05, 0.1) is 6.04 Å². The summed E-state index contributed by atoms with van der Waals surface area (Å²) in [5, 5.41) is 6.53. The number of aryl methyl sites for hydroxylation is 1. The standard InChI is InChI=1S/C18H20N3O2P/c1-12-6-14(9-19-8-12)18-4-2-13-7-16(3-5-17(13)20-18)23-10-15(11-24)21-22/h2-9,15,18,20H,10-11,24H2,1H3. The maximum absolute atomic E-state index is 10.6. The summed E-state index contributed by atoms with van der Waals surface area (Å²) in [6.45, 7) is 2.33. The third-order valence-electron chi connectivity index (χ3n) is 3.92. The van der Waals surface area contributed by atoms with Gasteiger partial charge < -0.3 is 10.1 Å². The van der Waals surface area contributed by atoms with Crippen molar-refractivity contribution < 1.29 is 4.74 Å². The van der Waals surface area contributed by atoms with Crippen molar-refractivity contribution in [2.24, 2.45) is 5.18 Å². The molecule has 0 radical (unpaired) electrons. The molecule has 3 unspecified atom stereocenters. The van der Waals surface area contributed by atoms with E-state index < -0.39 is 0 Å². The van der Waals surface area contributed by atoms with Gasteiger partial charge in [0.1, 0.15) is 18.4 Å². The Morgan fingerprint density at radius 3 is 3.00 bits per heavy atom. The number of aromatic nitrogens is 1. The summed E-state index contributed by atoms with van der Waals surface area (Å²) in [4.78, 5) is 14.9. The molecule has 0 spiro atoms. The Morgan fingerprint density at radius 1 is 1.38 bits per heavy atom. The average Bonchev–Trinajstić information content (AvgIpc) is 2.62. The minimum atomic E-state index is -0.335. The number of nitrogens with zero attached hydrogens (tertiary/aromatic N) is 2. The number of pyridine rings is 1. The topological polar surface area (TPSA) is 63.6 Å². The Kier molecular flexibility index (Phi) is 5.21. The Bertz CT molecular complexity index is 764. The highest BCUT2D eigenvalue weighted by Crippen LogP contribution is 2.32. The van der Waals surface area contributed by atoms with Crippen LogP contribution in [-0.2, 0) is 0 Å². The molecule has 0 aliphatic carbocycles. The van der Waals surface area contributed by atoms with Gasteiger partial charge in [0.2, 0.25) is 0 Å². The molecule has 1 aromatic heterocycles. The normalized spacial score (nSPS) is 16.8. The number of rotatable bonds is 6. The summed E-state index contributed by atoms with van der Waals surface area (Å²) in [5.74, 6) is 0.739. The van der Waals surface area contributed by atoms with Crippen LogP contribution >= 0.6 is 9.24 Å². The lowest BCUT2D eigenvalue weighted by Crippen LogP contribution is -2.17. The SMILES string of the molecule is Cc1cncc(C2C=Cc3cc(OCC(CP)N=O)ccc3N2)c1. The van der Waals surface area contributed by atoms with Crippen LogP contribution in [0, 0.1) is 11.8 Å². The number of hydrogen-bond donors (Lipinski definition) is 1. The smallest absolute Gasteiger partial charge is 0.129 e. The molecule has 5 nitrogen and oxygen atoms in total. The molecule has 1 aliphatic rings. The van der Waals surface area contributed by atoms with E-state index in [1.54, 1.807) is 0 Å². The molecular formula is C18H20N3O2P. The van der Waals surface area contributed by atoms with Crippen LogP contribution in [0.25, 0.3) is 6.08 Å². The van der Waals surface area contributed by atoms with Gasteiger partial charge in [0, 0.05) is 23.6 Å². The minimum absolute atomic E-state index is 0.109. The molecule has 3 atom stereocenters. The molecule has 1 N–H and O–H groups in total. The first-order chi connectivity index (χ1) is 11.7. The summed E-state index contributed by atoms with van der Waals surface area (Å²) in [6.07, 6.45) is 8.52. The second-order valence-corrected chi connectivity index (χ2v) is 6.30. The van der Waals surface area contributed by atoms with Gasteiger partial charge in [-0.05, 0) is 42.4 Å². The van der Waals surface area contributed by atoms with Crippen molar-refractivity contribution in [3.05, 3.63) is 64.3 Å². The van der Waals surface area contributed by atoms with Crippen molar-refractivity contribution in [3.8, 4) is 5.75 Å². The predicted molar refractivity (Wildman–Crippen MR) is 100 cm³/mol. The lowest BCUT2D eigenvalue weighted by Gasteiger charge is -2.23. The van der Waals surface area contributed by atoms with Gasteiger partial charge in [-0.3, -0.25) is 4.98 Å². The van der Waals surface area contributed by atoms with E-state index in [9.17, 15) is 4.91 Å². The maximum atomic E-state index is 10.6. The van der Waals surface area contributed by atoms with Crippen LogP contribution in [0.2, 0.25) is 0 Å². The Labute approximate surface area is 143 Å². The summed E-state index contributed by atoms with van der Waals surface area (Å²) in [7, 11) is 2.51.